The number of carbonyl (C=O) groups is 2. The molecule has 1 amide bonds. The summed E-state index contributed by atoms with van der Waals surface area (Å²) in [5.41, 5.74) is 0. The molecule has 0 saturated carbocycles. The van der Waals surface area contributed by atoms with Crippen molar-refractivity contribution in [3.63, 3.8) is 0 Å². The summed E-state index contributed by atoms with van der Waals surface area (Å²) >= 11 is 3.92. The van der Waals surface area contributed by atoms with E-state index in [9.17, 15) is 9.59 Å². The summed E-state index contributed by atoms with van der Waals surface area (Å²) in [6.45, 7) is 1.18. The fourth-order valence-corrected chi connectivity index (χ4v) is 2.65. The van der Waals surface area contributed by atoms with Crippen molar-refractivity contribution >= 4 is 24.5 Å². The van der Waals surface area contributed by atoms with E-state index in [1.165, 1.54) is 45.1 Å². The van der Waals surface area contributed by atoms with Gasteiger partial charge in [0.05, 0.1) is 0 Å². The van der Waals surface area contributed by atoms with Crippen LogP contribution in [0, 0.1) is 0 Å². The molecule has 0 spiro atoms. The lowest BCUT2D eigenvalue weighted by Gasteiger charge is -2.11. The molecule has 0 rings (SSSR count). The van der Waals surface area contributed by atoms with Gasteiger partial charge in [-0.2, -0.15) is 12.6 Å². The van der Waals surface area contributed by atoms with Crippen LogP contribution in [-0.4, -0.2) is 54.3 Å². The molecule has 5 nitrogen and oxygen atoms in total. The van der Waals surface area contributed by atoms with Gasteiger partial charge in [0.1, 0.15) is 6.04 Å². The minimum absolute atomic E-state index is 0.121. The van der Waals surface area contributed by atoms with Crippen LogP contribution in [0.1, 0.15) is 64.2 Å². The quantitative estimate of drug-likeness (QED) is 0.315. The number of carboxylic acid groups (broad SMARTS) is 1. The summed E-state index contributed by atoms with van der Waals surface area (Å²) in [6, 6.07) is -0.877. The molecule has 1 atom stereocenters. The van der Waals surface area contributed by atoms with Crippen LogP contribution in [0.5, 0.6) is 0 Å². The molecule has 2 N–H and O–H groups in total. The van der Waals surface area contributed by atoms with Crippen molar-refractivity contribution in [3.8, 4) is 0 Å². The maximum Gasteiger partial charge on any atom is 0.327 e. The third-order valence-electron chi connectivity index (χ3n) is 3.83. The highest BCUT2D eigenvalue weighted by atomic mass is 32.1. The highest BCUT2D eigenvalue weighted by Crippen LogP contribution is 2.10. The molecule has 23 heavy (non-hydrogen) atoms. The lowest BCUT2D eigenvalue weighted by atomic mass is 10.1. The Labute approximate surface area is 146 Å². The normalized spacial score (nSPS) is 12.3. The maximum atomic E-state index is 11.6. The van der Waals surface area contributed by atoms with E-state index in [0.717, 1.165) is 19.3 Å². The fourth-order valence-electron chi connectivity index (χ4n) is 2.40. The summed E-state index contributed by atoms with van der Waals surface area (Å²) in [5.74, 6) is -1.10. The van der Waals surface area contributed by atoms with E-state index in [-0.39, 0.29) is 11.7 Å². The van der Waals surface area contributed by atoms with Crippen molar-refractivity contribution in [3.05, 3.63) is 0 Å². The lowest BCUT2D eigenvalue weighted by Crippen LogP contribution is -2.42. The molecule has 0 aromatic heterocycles. The van der Waals surface area contributed by atoms with Gasteiger partial charge in [0.25, 0.3) is 0 Å². The molecule has 0 saturated heterocycles. The van der Waals surface area contributed by atoms with Crippen molar-refractivity contribution in [1.29, 1.82) is 0 Å². The minimum atomic E-state index is -1.03. The summed E-state index contributed by atoms with van der Waals surface area (Å²) in [7, 11) is 4.22. The molecule has 0 aliphatic heterocycles. The van der Waals surface area contributed by atoms with E-state index in [1.54, 1.807) is 0 Å². The predicted molar refractivity (Wildman–Crippen MR) is 98.1 cm³/mol. The van der Waals surface area contributed by atoms with Crippen LogP contribution in [0.25, 0.3) is 0 Å². The van der Waals surface area contributed by atoms with Gasteiger partial charge in [0.2, 0.25) is 5.91 Å². The third-order valence-corrected chi connectivity index (χ3v) is 4.19. The Balaban J connectivity index is 3.36. The van der Waals surface area contributed by atoms with E-state index >= 15 is 0 Å². The molecule has 0 heterocycles. The van der Waals surface area contributed by atoms with Crippen LogP contribution in [0.4, 0.5) is 0 Å². The summed E-state index contributed by atoms with van der Waals surface area (Å²) in [4.78, 5) is 24.6. The average molecular weight is 347 g/mol. The monoisotopic (exact) mass is 346 g/mol. The van der Waals surface area contributed by atoms with Gasteiger partial charge < -0.3 is 15.3 Å². The Bertz CT molecular complexity index is 325. The topological polar surface area (TPSA) is 69.6 Å². The zero-order valence-electron chi connectivity index (χ0n) is 14.7. The van der Waals surface area contributed by atoms with E-state index in [4.69, 9.17) is 5.11 Å². The van der Waals surface area contributed by atoms with Crippen LogP contribution in [-0.2, 0) is 9.59 Å². The zero-order chi connectivity index (χ0) is 17.5. The molecule has 0 aromatic rings. The molecule has 0 aliphatic carbocycles. The van der Waals surface area contributed by atoms with Crippen molar-refractivity contribution in [2.75, 3.05) is 26.4 Å². The van der Waals surface area contributed by atoms with Crippen molar-refractivity contribution in [2.45, 2.75) is 70.3 Å². The largest absolute Gasteiger partial charge is 0.480 e. The van der Waals surface area contributed by atoms with Gasteiger partial charge >= 0.3 is 5.97 Å². The number of amides is 1. The van der Waals surface area contributed by atoms with Crippen molar-refractivity contribution < 1.29 is 14.7 Å². The molecule has 0 aliphatic rings. The number of hydrogen-bond donors (Lipinski definition) is 3. The number of rotatable bonds is 15. The maximum absolute atomic E-state index is 11.6. The summed E-state index contributed by atoms with van der Waals surface area (Å²) in [6.07, 6.45) is 11.1. The fraction of sp³-hybridized carbons (Fsp3) is 0.882. The van der Waals surface area contributed by atoms with E-state index < -0.39 is 12.0 Å². The molecule has 0 aromatic carbocycles. The SMILES string of the molecule is CN(C)CCCCCCCCCCCC(=O)NC(CS)C(=O)O. The Morgan fingerprint density at radius 1 is 0.957 bits per heavy atom. The highest BCUT2D eigenvalue weighted by molar-refractivity contribution is 7.80. The Morgan fingerprint density at radius 3 is 1.87 bits per heavy atom. The number of unbranched alkanes of at least 4 members (excludes halogenated alkanes) is 8. The van der Waals surface area contributed by atoms with Crippen LogP contribution in [0.15, 0.2) is 0 Å². The Kier molecular flexibility index (Phi) is 14.3. The van der Waals surface area contributed by atoms with Gasteiger partial charge in [0, 0.05) is 12.2 Å². The Hall–Kier alpha value is -0.750. The van der Waals surface area contributed by atoms with Crippen LogP contribution < -0.4 is 5.32 Å². The first-order valence-electron chi connectivity index (χ1n) is 8.75. The average Bonchev–Trinajstić information content (AvgIpc) is 2.49. The van der Waals surface area contributed by atoms with Gasteiger partial charge in [-0.15, -0.1) is 0 Å². The van der Waals surface area contributed by atoms with Gasteiger partial charge in [-0.3, -0.25) is 4.79 Å². The number of thiol groups is 1. The van der Waals surface area contributed by atoms with Gasteiger partial charge in [-0.25, -0.2) is 4.79 Å². The van der Waals surface area contributed by atoms with Crippen molar-refractivity contribution in [2.24, 2.45) is 0 Å². The smallest absolute Gasteiger partial charge is 0.327 e. The molecule has 136 valence electrons. The second-order valence-electron chi connectivity index (χ2n) is 6.38. The second-order valence-corrected chi connectivity index (χ2v) is 6.74. The van der Waals surface area contributed by atoms with E-state index in [2.05, 4.69) is 36.9 Å². The number of nitrogens with one attached hydrogen (secondary N) is 1. The first-order valence-corrected chi connectivity index (χ1v) is 9.38. The molecule has 0 radical (unpaired) electrons. The molecule has 0 fully saturated rings. The minimum Gasteiger partial charge on any atom is -0.480 e. The Morgan fingerprint density at radius 2 is 1.43 bits per heavy atom. The molecule has 6 heteroatoms. The standard InChI is InChI=1S/C17H34N2O3S/c1-19(2)13-11-9-7-5-3-4-6-8-10-12-16(20)18-15(14-23)17(21)22/h15,23H,3-14H2,1-2H3,(H,18,20)(H,21,22). The van der Waals surface area contributed by atoms with Crippen molar-refractivity contribution in [1.82, 2.24) is 10.2 Å². The first kappa shape index (κ1) is 22.2. The zero-order valence-corrected chi connectivity index (χ0v) is 15.6. The number of hydrogen-bond acceptors (Lipinski definition) is 4. The second kappa shape index (κ2) is 14.8. The van der Waals surface area contributed by atoms with Gasteiger partial charge in [0.15, 0.2) is 0 Å². The lowest BCUT2D eigenvalue weighted by molar-refractivity contribution is -0.141. The van der Waals surface area contributed by atoms with Crippen LogP contribution >= 0.6 is 12.6 Å². The number of carboxylic acids is 1. The molecular weight excluding hydrogens is 312 g/mol. The van der Waals surface area contributed by atoms with Gasteiger partial charge in [-0.05, 0) is 33.5 Å². The van der Waals surface area contributed by atoms with E-state index in [0.29, 0.717) is 6.42 Å². The third kappa shape index (κ3) is 14.6. The van der Waals surface area contributed by atoms with Crippen LogP contribution in [0.3, 0.4) is 0 Å². The first-order chi connectivity index (χ1) is 11.0. The molecular formula is C17H34N2O3S. The highest BCUT2D eigenvalue weighted by Gasteiger charge is 2.17. The van der Waals surface area contributed by atoms with E-state index in [1.807, 2.05) is 0 Å². The predicted octanol–water partition coefficient (Wildman–Crippen LogP) is 2.95. The van der Waals surface area contributed by atoms with Crippen LogP contribution in [0.2, 0.25) is 0 Å². The number of aliphatic carboxylic acids is 1. The number of carbonyl (C=O) groups excluding carboxylic acids is 1. The summed E-state index contributed by atoms with van der Waals surface area (Å²) < 4.78 is 0. The number of nitrogens with zero attached hydrogens (tertiary/aromatic N) is 1. The molecule has 0 bridgehead atoms. The molecule has 1 unspecified atom stereocenters. The summed E-state index contributed by atoms with van der Waals surface area (Å²) in [5, 5.41) is 11.3. The van der Waals surface area contributed by atoms with Gasteiger partial charge in [-0.1, -0.05) is 44.9 Å².